The van der Waals surface area contributed by atoms with Crippen molar-refractivity contribution in [3.8, 4) is 0 Å². The Hall–Kier alpha value is -1.70. The van der Waals surface area contributed by atoms with Crippen molar-refractivity contribution in [3.63, 3.8) is 0 Å². The third-order valence-electron chi connectivity index (χ3n) is 3.73. The van der Waals surface area contributed by atoms with Gasteiger partial charge in [-0.1, -0.05) is 43.2 Å². The van der Waals surface area contributed by atoms with Crippen LogP contribution in [0.5, 0.6) is 0 Å². The monoisotopic (exact) mass is 256 g/mol. The molecular weight excluding hydrogens is 232 g/mol. The van der Waals surface area contributed by atoms with E-state index in [9.17, 15) is 0 Å². The van der Waals surface area contributed by atoms with E-state index in [0.717, 1.165) is 36.2 Å². The first-order valence-electron chi connectivity index (χ1n) is 7.26. The van der Waals surface area contributed by atoms with Crippen molar-refractivity contribution in [2.45, 2.75) is 44.9 Å². The molecule has 0 aromatic heterocycles. The summed E-state index contributed by atoms with van der Waals surface area (Å²) in [5.74, 6) is 0. The lowest BCUT2D eigenvalue weighted by Gasteiger charge is -2.18. The van der Waals surface area contributed by atoms with Gasteiger partial charge in [-0.2, -0.15) is 0 Å². The van der Waals surface area contributed by atoms with Crippen molar-refractivity contribution in [1.29, 1.82) is 0 Å². The molecule has 0 aliphatic heterocycles. The summed E-state index contributed by atoms with van der Waals surface area (Å²) < 4.78 is 0. The van der Waals surface area contributed by atoms with Crippen molar-refractivity contribution < 1.29 is 0 Å². The third-order valence-corrected chi connectivity index (χ3v) is 3.73. The lowest BCUT2D eigenvalue weighted by atomic mass is 9.90. The molecular formula is C17H24N2. The van der Waals surface area contributed by atoms with Gasteiger partial charge in [0.2, 0.25) is 0 Å². The molecule has 0 saturated heterocycles. The quantitative estimate of drug-likeness (QED) is 0.749. The number of hydrogen-bond acceptors (Lipinski definition) is 2. The molecule has 2 aliphatic carbocycles. The fraction of sp³-hybridized carbons (Fsp3) is 0.412. The van der Waals surface area contributed by atoms with Gasteiger partial charge in [0.1, 0.15) is 0 Å². The highest BCUT2D eigenvalue weighted by Crippen LogP contribution is 2.28. The van der Waals surface area contributed by atoms with Crippen LogP contribution in [0.25, 0.3) is 0 Å². The minimum absolute atomic E-state index is 0.821. The Kier molecular flexibility index (Phi) is 5.08. The lowest BCUT2D eigenvalue weighted by molar-refractivity contribution is 0.611. The van der Waals surface area contributed by atoms with Crippen molar-refractivity contribution >= 4 is 0 Å². The summed E-state index contributed by atoms with van der Waals surface area (Å²) in [6, 6.07) is 0. The first-order chi connectivity index (χ1) is 9.29. The smallest absolute Gasteiger partial charge is 0.0390 e. The van der Waals surface area contributed by atoms with Crippen LogP contribution in [0.4, 0.5) is 0 Å². The summed E-state index contributed by atoms with van der Waals surface area (Å²) in [5.41, 5.74) is 16.7. The molecule has 2 aliphatic rings. The molecule has 0 amide bonds. The van der Waals surface area contributed by atoms with Gasteiger partial charge in [0, 0.05) is 17.0 Å². The van der Waals surface area contributed by atoms with E-state index in [2.05, 4.69) is 24.3 Å². The molecule has 0 saturated carbocycles. The maximum absolute atomic E-state index is 6.28. The van der Waals surface area contributed by atoms with Crippen molar-refractivity contribution in [1.82, 2.24) is 0 Å². The molecule has 0 spiro atoms. The standard InChI is InChI=1S/C17H24N2/c18-16-12-8-3-1-2-6-10-14(16)15-11-7-4-5-9-13-17(15)19/h2-3,6,8,10,12H,1,4-5,7,9,11,13,18-19H2/b6-2-,8-3+,14-10-,16-12+,17-15?. The first kappa shape index (κ1) is 13.7. The fourth-order valence-corrected chi connectivity index (χ4v) is 2.62. The first-order valence-corrected chi connectivity index (χ1v) is 7.26. The van der Waals surface area contributed by atoms with Crippen LogP contribution in [0, 0.1) is 0 Å². The van der Waals surface area contributed by atoms with Crippen LogP contribution in [0.2, 0.25) is 0 Å². The highest BCUT2D eigenvalue weighted by atomic mass is 14.6. The summed E-state index contributed by atoms with van der Waals surface area (Å²) in [6.07, 6.45) is 20.4. The van der Waals surface area contributed by atoms with Crippen LogP contribution in [-0.4, -0.2) is 0 Å². The topological polar surface area (TPSA) is 52.0 Å². The molecule has 2 heteroatoms. The van der Waals surface area contributed by atoms with Gasteiger partial charge in [0.15, 0.2) is 0 Å². The number of rotatable bonds is 1. The maximum atomic E-state index is 6.28. The number of nitrogens with two attached hydrogens (primary N) is 2. The normalized spacial score (nSPS) is 30.5. The van der Waals surface area contributed by atoms with Crippen LogP contribution < -0.4 is 11.5 Å². The van der Waals surface area contributed by atoms with Gasteiger partial charge in [-0.25, -0.2) is 0 Å². The minimum Gasteiger partial charge on any atom is -0.402 e. The summed E-state index contributed by atoms with van der Waals surface area (Å²) in [7, 11) is 0. The van der Waals surface area contributed by atoms with Gasteiger partial charge in [0.05, 0.1) is 0 Å². The molecule has 0 bridgehead atoms. The summed E-state index contributed by atoms with van der Waals surface area (Å²) in [6.45, 7) is 0. The zero-order valence-corrected chi connectivity index (χ0v) is 11.6. The Morgan fingerprint density at radius 2 is 1.47 bits per heavy atom. The molecule has 0 fully saturated rings. The Labute approximate surface area is 116 Å². The van der Waals surface area contributed by atoms with Crippen LogP contribution in [0.3, 0.4) is 0 Å². The van der Waals surface area contributed by atoms with E-state index in [4.69, 9.17) is 11.5 Å². The molecule has 2 nitrogen and oxygen atoms in total. The Morgan fingerprint density at radius 1 is 0.789 bits per heavy atom. The van der Waals surface area contributed by atoms with Crippen LogP contribution in [0.1, 0.15) is 44.9 Å². The van der Waals surface area contributed by atoms with E-state index >= 15 is 0 Å². The van der Waals surface area contributed by atoms with E-state index in [1.807, 2.05) is 12.2 Å². The zero-order chi connectivity index (χ0) is 13.5. The van der Waals surface area contributed by atoms with Gasteiger partial charge < -0.3 is 11.5 Å². The summed E-state index contributed by atoms with van der Waals surface area (Å²) in [4.78, 5) is 0. The maximum Gasteiger partial charge on any atom is 0.0390 e. The van der Waals surface area contributed by atoms with Gasteiger partial charge in [-0.3, -0.25) is 0 Å². The van der Waals surface area contributed by atoms with Gasteiger partial charge in [-0.05, 0) is 43.8 Å². The zero-order valence-electron chi connectivity index (χ0n) is 11.6. The SMILES string of the molecule is NC1=C(C2=C/C=C\C/C=C/C=C\2N)CCCCCC1. The Morgan fingerprint density at radius 3 is 2.26 bits per heavy atom. The predicted molar refractivity (Wildman–Crippen MR) is 82.2 cm³/mol. The second-order valence-corrected chi connectivity index (χ2v) is 5.21. The molecule has 102 valence electrons. The molecule has 0 atom stereocenters. The average Bonchev–Trinajstić information content (AvgIpc) is 2.48. The fourth-order valence-electron chi connectivity index (χ4n) is 2.62. The second kappa shape index (κ2) is 7.03. The van der Waals surface area contributed by atoms with Gasteiger partial charge in [0.25, 0.3) is 0 Å². The summed E-state index contributed by atoms with van der Waals surface area (Å²) in [5, 5.41) is 0. The van der Waals surface area contributed by atoms with E-state index in [1.165, 1.54) is 31.3 Å². The van der Waals surface area contributed by atoms with Gasteiger partial charge >= 0.3 is 0 Å². The highest BCUT2D eigenvalue weighted by molar-refractivity contribution is 5.50. The Balaban J connectivity index is 2.36. The molecule has 0 heterocycles. The van der Waals surface area contributed by atoms with E-state index in [1.54, 1.807) is 0 Å². The van der Waals surface area contributed by atoms with Crippen molar-refractivity contribution in [3.05, 3.63) is 59.0 Å². The number of allylic oxidation sites excluding steroid dienone is 8. The Bertz CT molecular complexity index is 462. The van der Waals surface area contributed by atoms with Gasteiger partial charge in [-0.15, -0.1) is 0 Å². The predicted octanol–water partition coefficient (Wildman–Crippen LogP) is 3.84. The van der Waals surface area contributed by atoms with E-state index in [-0.39, 0.29) is 0 Å². The van der Waals surface area contributed by atoms with Crippen molar-refractivity contribution in [2.75, 3.05) is 0 Å². The summed E-state index contributed by atoms with van der Waals surface area (Å²) >= 11 is 0. The van der Waals surface area contributed by atoms with Crippen LogP contribution in [-0.2, 0) is 0 Å². The third kappa shape index (κ3) is 3.88. The van der Waals surface area contributed by atoms with Crippen molar-refractivity contribution in [2.24, 2.45) is 11.5 Å². The minimum atomic E-state index is 0.821. The molecule has 19 heavy (non-hydrogen) atoms. The molecule has 2 rings (SSSR count). The lowest BCUT2D eigenvalue weighted by Crippen LogP contribution is -2.11. The number of hydrogen-bond donors (Lipinski definition) is 2. The molecule has 4 N–H and O–H groups in total. The van der Waals surface area contributed by atoms with Crippen LogP contribution >= 0.6 is 0 Å². The average molecular weight is 256 g/mol. The highest BCUT2D eigenvalue weighted by Gasteiger charge is 2.13. The molecule has 0 aromatic rings. The van der Waals surface area contributed by atoms with Crippen LogP contribution in [0.15, 0.2) is 59.0 Å². The second-order valence-electron chi connectivity index (χ2n) is 5.21. The molecule has 0 aromatic carbocycles. The molecule has 0 unspecified atom stereocenters. The largest absolute Gasteiger partial charge is 0.402 e. The molecule has 0 radical (unpaired) electrons. The van der Waals surface area contributed by atoms with E-state index < -0.39 is 0 Å². The van der Waals surface area contributed by atoms with E-state index in [0.29, 0.717) is 0 Å².